The zero-order valence-corrected chi connectivity index (χ0v) is 11.9. The van der Waals surface area contributed by atoms with Crippen LogP contribution in [0.5, 0.6) is 11.5 Å². The highest BCUT2D eigenvalue weighted by molar-refractivity contribution is 5.77. The van der Waals surface area contributed by atoms with Gasteiger partial charge >= 0.3 is 0 Å². The molecule has 0 unspecified atom stereocenters. The summed E-state index contributed by atoms with van der Waals surface area (Å²) in [5.41, 5.74) is 0. The Morgan fingerprint density at radius 2 is 1.28 bits per heavy atom. The third-order valence-electron chi connectivity index (χ3n) is 2.24. The Balaban J connectivity index is 0.000000411. The molecule has 0 aliphatic heterocycles. The molecule has 0 N–H and O–H groups in total. The van der Waals surface area contributed by atoms with Crippen LogP contribution in [-0.2, 0) is 4.79 Å². The normalized spacial score (nSPS) is 9.11. The van der Waals surface area contributed by atoms with Gasteiger partial charge in [0.1, 0.15) is 5.78 Å². The third-order valence-corrected chi connectivity index (χ3v) is 2.24. The molecule has 0 bridgehead atoms. The summed E-state index contributed by atoms with van der Waals surface area (Å²) in [4.78, 5) is 10.2. The summed E-state index contributed by atoms with van der Waals surface area (Å²) < 4.78 is 10.7. The lowest BCUT2D eigenvalue weighted by Crippen LogP contribution is -1.97. The lowest BCUT2D eigenvalue weighted by Gasteiger charge is -2.09. The molecule has 102 valence electrons. The Labute approximate surface area is 110 Å². The second kappa shape index (κ2) is 10.6. The van der Waals surface area contributed by atoms with Crippen LogP contribution in [0.4, 0.5) is 0 Å². The van der Waals surface area contributed by atoms with Crippen molar-refractivity contribution in [2.45, 2.75) is 40.5 Å². The van der Waals surface area contributed by atoms with Gasteiger partial charge in [-0.2, -0.15) is 0 Å². The zero-order chi connectivity index (χ0) is 13.8. The van der Waals surface area contributed by atoms with Crippen molar-refractivity contribution in [3.63, 3.8) is 0 Å². The highest BCUT2D eigenvalue weighted by Crippen LogP contribution is 2.25. The summed E-state index contributed by atoms with van der Waals surface area (Å²) in [5.74, 6) is 1.98. The third kappa shape index (κ3) is 6.94. The van der Waals surface area contributed by atoms with E-state index in [0.717, 1.165) is 11.5 Å². The molecular weight excluding hydrogens is 228 g/mol. The van der Waals surface area contributed by atoms with Crippen molar-refractivity contribution < 1.29 is 14.3 Å². The molecule has 1 aromatic rings. The Morgan fingerprint density at radius 1 is 0.889 bits per heavy atom. The van der Waals surface area contributed by atoms with Crippen LogP contribution in [-0.4, -0.2) is 19.0 Å². The Hall–Kier alpha value is -1.51. The number of carbonyl (C=O) groups is 1. The van der Waals surface area contributed by atoms with E-state index in [4.69, 9.17) is 9.47 Å². The fraction of sp³-hybridized carbons (Fsp3) is 0.533. The lowest BCUT2D eigenvalue weighted by molar-refractivity contribution is -0.118. The Bertz CT molecular complexity index is 303. The fourth-order valence-corrected chi connectivity index (χ4v) is 1.25. The van der Waals surface area contributed by atoms with Crippen LogP contribution in [0.1, 0.15) is 40.5 Å². The first-order chi connectivity index (χ1) is 8.69. The van der Waals surface area contributed by atoms with Gasteiger partial charge in [0.15, 0.2) is 11.5 Å². The van der Waals surface area contributed by atoms with Gasteiger partial charge in [0.25, 0.3) is 0 Å². The van der Waals surface area contributed by atoms with Crippen LogP contribution in [0.15, 0.2) is 24.3 Å². The maximum Gasteiger partial charge on any atom is 0.161 e. The summed E-state index contributed by atoms with van der Waals surface area (Å²) in [6.07, 6.45) is 1.38. The number of para-hydroxylation sites is 2. The maximum absolute atomic E-state index is 10.2. The van der Waals surface area contributed by atoms with E-state index in [1.807, 2.05) is 52.0 Å². The number of hydrogen-bond acceptors (Lipinski definition) is 3. The van der Waals surface area contributed by atoms with E-state index in [-0.39, 0.29) is 0 Å². The standard InChI is InChI=1S/C10H14O2.C5H10O/c1-3-11-9-7-5-6-8-10(9)12-4-2;1-3-5(6)4-2/h5-8H,3-4H2,1-2H3;3-4H2,1-2H3. The van der Waals surface area contributed by atoms with Gasteiger partial charge in [0.05, 0.1) is 13.2 Å². The number of ether oxygens (including phenoxy) is 2. The van der Waals surface area contributed by atoms with Crippen LogP contribution >= 0.6 is 0 Å². The number of carbonyl (C=O) groups excluding carboxylic acids is 1. The molecule has 1 aromatic carbocycles. The molecule has 0 atom stereocenters. The second-order valence-electron chi connectivity index (χ2n) is 3.56. The molecule has 0 saturated carbocycles. The van der Waals surface area contributed by atoms with Crippen LogP contribution in [0, 0.1) is 0 Å². The van der Waals surface area contributed by atoms with E-state index < -0.39 is 0 Å². The van der Waals surface area contributed by atoms with Crippen LogP contribution in [0.25, 0.3) is 0 Å². The highest BCUT2D eigenvalue weighted by atomic mass is 16.5. The Kier molecular flexibility index (Phi) is 9.74. The molecular formula is C15H24O3. The van der Waals surface area contributed by atoms with Crippen molar-refractivity contribution in [1.29, 1.82) is 0 Å². The number of benzene rings is 1. The molecule has 0 aromatic heterocycles. The topological polar surface area (TPSA) is 35.5 Å². The van der Waals surface area contributed by atoms with E-state index in [0.29, 0.717) is 31.8 Å². The van der Waals surface area contributed by atoms with E-state index in [1.54, 1.807) is 0 Å². The number of ketones is 1. The zero-order valence-electron chi connectivity index (χ0n) is 11.9. The lowest BCUT2D eigenvalue weighted by atomic mass is 10.3. The van der Waals surface area contributed by atoms with Crippen molar-refractivity contribution in [2.75, 3.05) is 13.2 Å². The molecule has 18 heavy (non-hydrogen) atoms. The molecule has 3 heteroatoms. The van der Waals surface area contributed by atoms with E-state index in [9.17, 15) is 4.79 Å². The van der Waals surface area contributed by atoms with Crippen LogP contribution in [0.2, 0.25) is 0 Å². The van der Waals surface area contributed by atoms with E-state index in [2.05, 4.69) is 0 Å². The van der Waals surface area contributed by atoms with Gasteiger partial charge in [-0.1, -0.05) is 26.0 Å². The van der Waals surface area contributed by atoms with Gasteiger partial charge in [-0.05, 0) is 26.0 Å². The first kappa shape index (κ1) is 16.5. The second-order valence-corrected chi connectivity index (χ2v) is 3.56. The average Bonchev–Trinajstić information content (AvgIpc) is 2.41. The minimum absolute atomic E-state index is 0.343. The van der Waals surface area contributed by atoms with Crippen LogP contribution < -0.4 is 9.47 Å². The van der Waals surface area contributed by atoms with Gasteiger partial charge < -0.3 is 9.47 Å². The molecule has 0 spiro atoms. The quantitative estimate of drug-likeness (QED) is 0.771. The van der Waals surface area contributed by atoms with Gasteiger partial charge in [-0.3, -0.25) is 4.79 Å². The van der Waals surface area contributed by atoms with Gasteiger partial charge in [0, 0.05) is 12.8 Å². The molecule has 3 nitrogen and oxygen atoms in total. The maximum atomic E-state index is 10.2. The fourth-order valence-electron chi connectivity index (χ4n) is 1.25. The minimum Gasteiger partial charge on any atom is -0.490 e. The average molecular weight is 252 g/mol. The molecule has 0 radical (unpaired) electrons. The summed E-state index contributed by atoms with van der Waals surface area (Å²) in [7, 11) is 0. The van der Waals surface area contributed by atoms with E-state index in [1.165, 1.54) is 0 Å². The van der Waals surface area contributed by atoms with Crippen LogP contribution in [0.3, 0.4) is 0 Å². The minimum atomic E-state index is 0.343. The SMILES string of the molecule is CCC(=O)CC.CCOc1ccccc1OCC. The Morgan fingerprint density at radius 3 is 1.50 bits per heavy atom. The predicted molar refractivity (Wildman–Crippen MR) is 74.4 cm³/mol. The van der Waals surface area contributed by atoms with Crippen molar-refractivity contribution in [1.82, 2.24) is 0 Å². The van der Waals surface area contributed by atoms with Gasteiger partial charge in [-0.15, -0.1) is 0 Å². The summed E-state index contributed by atoms with van der Waals surface area (Å²) in [6.45, 7) is 9.03. The van der Waals surface area contributed by atoms with Crippen molar-refractivity contribution in [3.05, 3.63) is 24.3 Å². The van der Waals surface area contributed by atoms with Gasteiger partial charge in [-0.25, -0.2) is 0 Å². The first-order valence-corrected chi connectivity index (χ1v) is 6.55. The van der Waals surface area contributed by atoms with Crippen molar-refractivity contribution in [2.24, 2.45) is 0 Å². The van der Waals surface area contributed by atoms with Crippen molar-refractivity contribution >= 4 is 5.78 Å². The summed E-state index contributed by atoms with van der Waals surface area (Å²) in [6, 6.07) is 7.70. The first-order valence-electron chi connectivity index (χ1n) is 6.55. The predicted octanol–water partition coefficient (Wildman–Crippen LogP) is 3.86. The van der Waals surface area contributed by atoms with Crippen molar-refractivity contribution in [3.8, 4) is 11.5 Å². The van der Waals surface area contributed by atoms with Gasteiger partial charge in [0.2, 0.25) is 0 Å². The molecule has 1 rings (SSSR count). The molecule has 0 aliphatic carbocycles. The highest BCUT2D eigenvalue weighted by Gasteiger charge is 2.00. The molecule has 0 saturated heterocycles. The number of hydrogen-bond donors (Lipinski definition) is 0. The molecule has 0 heterocycles. The molecule has 0 amide bonds. The number of Topliss-reactive ketones (excluding diaryl/α,β-unsaturated/α-hetero) is 1. The molecule has 0 fully saturated rings. The molecule has 0 aliphatic rings. The smallest absolute Gasteiger partial charge is 0.161 e. The summed E-state index contributed by atoms with van der Waals surface area (Å²) >= 11 is 0. The number of rotatable bonds is 6. The summed E-state index contributed by atoms with van der Waals surface area (Å²) in [5, 5.41) is 0. The largest absolute Gasteiger partial charge is 0.490 e. The monoisotopic (exact) mass is 252 g/mol. The van der Waals surface area contributed by atoms with E-state index >= 15 is 0 Å².